The van der Waals surface area contributed by atoms with E-state index in [2.05, 4.69) is 12.2 Å². The number of hydrogen-bond donors (Lipinski definition) is 1. The number of hydrogen-bond acceptors (Lipinski definition) is 2. The first-order valence-corrected chi connectivity index (χ1v) is 5.96. The third kappa shape index (κ3) is 4.65. The van der Waals surface area contributed by atoms with E-state index in [1.807, 2.05) is 13.8 Å². The summed E-state index contributed by atoms with van der Waals surface area (Å²) in [6.45, 7) is 7.10. The molecule has 0 aromatic heterocycles. The molecule has 1 amide bonds. The molecule has 3 nitrogen and oxygen atoms in total. The second-order valence-corrected chi connectivity index (χ2v) is 4.89. The molecule has 88 valence electrons. The molecule has 15 heavy (non-hydrogen) atoms. The molecule has 1 aliphatic carbocycles. The van der Waals surface area contributed by atoms with Gasteiger partial charge in [0.05, 0.1) is 6.10 Å². The summed E-state index contributed by atoms with van der Waals surface area (Å²) in [4.78, 5) is 11.4. The zero-order valence-electron chi connectivity index (χ0n) is 10.1. The zero-order valence-corrected chi connectivity index (χ0v) is 10.1. The average Bonchev–Trinajstić information content (AvgIpc) is 2.93. The lowest BCUT2D eigenvalue weighted by Crippen LogP contribution is -2.33. The molecule has 1 saturated carbocycles. The molecule has 1 rings (SSSR count). The van der Waals surface area contributed by atoms with Gasteiger partial charge in [0.2, 0.25) is 5.91 Å². The highest BCUT2D eigenvalue weighted by molar-refractivity contribution is 5.77. The second-order valence-electron chi connectivity index (χ2n) is 4.89. The Labute approximate surface area is 92.6 Å². The van der Waals surface area contributed by atoms with Crippen LogP contribution in [0.4, 0.5) is 0 Å². The molecule has 0 radical (unpaired) electrons. The Morgan fingerprint density at radius 2 is 2.13 bits per heavy atom. The molecule has 0 bridgehead atoms. The topological polar surface area (TPSA) is 38.3 Å². The highest BCUT2D eigenvalue weighted by atomic mass is 16.5. The molecular weight excluding hydrogens is 190 g/mol. The summed E-state index contributed by atoms with van der Waals surface area (Å²) in [6, 6.07) is 0. The van der Waals surface area contributed by atoms with Gasteiger partial charge < -0.3 is 10.1 Å². The van der Waals surface area contributed by atoms with Crippen molar-refractivity contribution in [1.82, 2.24) is 5.32 Å². The molecule has 1 fully saturated rings. The molecule has 0 aromatic rings. The summed E-state index contributed by atoms with van der Waals surface area (Å²) < 4.78 is 5.24. The molecule has 1 aliphatic rings. The van der Waals surface area contributed by atoms with Crippen molar-refractivity contribution in [2.24, 2.45) is 5.41 Å². The number of amides is 1. The number of ether oxygens (including phenoxy) is 1. The van der Waals surface area contributed by atoms with Crippen molar-refractivity contribution in [2.45, 2.75) is 52.6 Å². The summed E-state index contributed by atoms with van der Waals surface area (Å²) in [5.41, 5.74) is 0.433. The largest absolute Gasteiger partial charge is 0.369 e. The van der Waals surface area contributed by atoms with E-state index in [9.17, 15) is 4.79 Å². The van der Waals surface area contributed by atoms with Crippen molar-refractivity contribution in [3.8, 4) is 0 Å². The highest BCUT2D eigenvalue weighted by Crippen LogP contribution is 2.48. The minimum absolute atomic E-state index is 0.0195. The molecule has 0 saturated heterocycles. The van der Waals surface area contributed by atoms with Gasteiger partial charge in [-0.1, -0.05) is 13.3 Å². The normalized spacial score (nSPS) is 17.9. The SMILES string of the molecule is CCCC1(CNC(=O)COC(C)C)CC1. The zero-order chi connectivity index (χ0) is 11.3. The van der Waals surface area contributed by atoms with Crippen LogP contribution in [0.15, 0.2) is 0 Å². The number of rotatable bonds is 7. The van der Waals surface area contributed by atoms with Gasteiger partial charge in [-0.05, 0) is 38.5 Å². The van der Waals surface area contributed by atoms with Gasteiger partial charge in [0.1, 0.15) is 6.61 Å². The molecule has 1 N–H and O–H groups in total. The first-order chi connectivity index (χ1) is 7.08. The predicted molar refractivity (Wildman–Crippen MR) is 60.7 cm³/mol. The van der Waals surface area contributed by atoms with E-state index < -0.39 is 0 Å². The Bertz CT molecular complexity index is 210. The molecule has 0 spiro atoms. The average molecular weight is 213 g/mol. The third-order valence-electron chi connectivity index (χ3n) is 2.95. The molecule has 0 atom stereocenters. The van der Waals surface area contributed by atoms with E-state index >= 15 is 0 Å². The fraction of sp³-hybridized carbons (Fsp3) is 0.917. The number of nitrogens with one attached hydrogen (secondary N) is 1. The van der Waals surface area contributed by atoms with E-state index in [4.69, 9.17) is 4.74 Å². The van der Waals surface area contributed by atoms with E-state index in [1.54, 1.807) is 0 Å². The Kier molecular flexibility index (Phi) is 4.58. The van der Waals surface area contributed by atoms with Gasteiger partial charge in [-0.2, -0.15) is 0 Å². The molecular formula is C12H23NO2. The minimum Gasteiger partial charge on any atom is -0.369 e. The van der Waals surface area contributed by atoms with Crippen LogP contribution >= 0.6 is 0 Å². The van der Waals surface area contributed by atoms with Gasteiger partial charge in [0.25, 0.3) is 0 Å². The Hall–Kier alpha value is -0.570. The lowest BCUT2D eigenvalue weighted by molar-refractivity contribution is -0.127. The predicted octanol–water partition coefficient (Wildman–Crippen LogP) is 2.11. The summed E-state index contributed by atoms with van der Waals surface area (Å²) in [5, 5.41) is 2.96. The summed E-state index contributed by atoms with van der Waals surface area (Å²) in [6.07, 6.45) is 5.11. The lowest BCUT2D eigenvalue weighted by atomic mass is 10.0. The van der Waals surface area contributed by atoms with Crippen molar-refractivity contribution in [3.63, 3.8) is 0 Å². The smallest absolute Gasteiger partial charge is 0.246 e. The van der Waals surface area contributed by atoms with Crippen LogP contribution in [-0.2, 0) is 9.53 Å². The third-order valence-corrected chi connectivity index (χ3v) is 2.95. The molecule has 0 heterocycles. The van der Waals surface area contributed by atoms with Gasteiger partial charge in [0.15, 0.2) is 0 Å². The standard InChI is InChI=1S/C12H23NO2/c1-4-5-12(6-7-12)9-13-11(14)8-15-10(2)3/h10H,4-9H2,1-3H3,(H,13,14). The Morgan fingerprint density at radius 3 is 2.60 bits per heavy atom. The van der Waals surface area contributed by atoms with Crippen molar-refractivity contribution in [3.05, 3.63) is 0 Å². The van der Waals surface area contributed by atoms with Crippen molar-refractivity contribution in [1.29, 1.82) is 0 Å². The summed E-state index contributed by atoms with van der Waals surface area (Å²) >= 11 is 0. The fourth-order valence-electron chi connectivity index (χ4n) is 1.80. The van der Waals surface area contributed by atoms with E-state index in [0.717, 1.165) is 6.54 Å². The van der Waals surface area contributed by atoms with Gasteiger partial charge >= 0.3 is 0 Å². The maximum Gasteiger partial charge on any atom is 0.246 e. The molecule has 0 aromatic carbocycles. The van der Waals surface area contributed by atoms with Crippen molar-refractivity contribution < 1.29 is 9.53 Å². The summed E-state index contributed by atoms with van der Waals surface area (Å²) in [7, 11) is 0. The van der Waals surface area contributed by atoms with Crippen molar-refractivity contribution in [2.75, 3.05) is 13.2 Å². The maximum atomic E-state index is 11.4. The Balaban J connectivity index is 2.11. The van der Waals surface area contributed by atoms with Crippen LogP contribution < -0.4 is 5.32 Å². The van der Waals surface area contributed by atoms with Crippen LogP contribution in [-0.4, -0.2) is 25.2 Å². The van der Waals surface area contributed by atoms with Gasteiger partial charge in [-0.15, -0.1) is 0 Å². The fourth-order valence-corrected chi connectivity index (χ4v) is 1.80. The minimum atomic E-state index is 0.0195. The van der Waals surface area contributed by atoms with Crippen LogP contribution in [0, 0.1) is 5.41 Å². The monoisotopic (exact) mass is 213 g/mol. The number of carbonyl (C=O) groups excluding carboxylic acids is 1. The summed E-state index contributed by atoms with van der Waals surface area (Å²) in [5.74, 6) is 0.0195. The highest BCUT2D eigenvalue weighted by Gasteiger charge is 2.41. The number of carbonyl (C=O) groups is 1. The van der Waals surface area contributed by atoms with Crippen molar-refractivity contribution >= 4 is 5.91 Å². The second kappa shape index (κ2) is 5.50. The Morgan fingerprint density at radius 1 is 1.47 bits per heavy atom. The van der Waals surface area contributed by atoms with E-state index in [-0.39, 0.29) is 18.6 Å². The molecule has 0 unspecified atom stereocenters. The van der Waals surface area contributed by atoms with Crippen LogP contribution in [0.2, 0.25) is 0 Å². The van der Waals surface area contributed by atoms with Crippen LogP contribution in [0.3, 0.4) is 0 Å². The van der Waals surface area contributed by atoms with Crippen LogP contribution in [0.5, 0.6) is 0 Å². The molecule has 3 heteroatoms. The van der Waals surface area contributed by atoms with Crippen LogP contribution in [0.1, 0.15) is 46.5 Å². The quantitative estimate of drug-likeness (QED) is 0.703. The van der Waals surface area contributed by atoms with E-state index in [0.29, 0.717) is 5.41 Å². The lowest BCUT2D eigenvalue weighted by Gasteiger charge is -2.15. The first kappa shape index (κ1) is 12.5. The van der Waals surface area contributed by atoms with Crippen LogP contribution in [0.25, 0.3) is 0 Å². The first-order valence-electron chi connectivity index (χ1n) is 5.96. The van der Waals surface area contributed by atoms with E-state index in [1.165, 1.54) is 25.7 Å². The maximum absolute atomic E-state index is 11.4. The molecule has 0 aliphatic heterocycles. The van der Waals surface area contributed by atoms with Gasteiger partial charge in [0, 0.05) is 6.54 Å². The van der Waals surface area contributed by atoms with Gasteiger partial charge in [-0.25, -0.2) is 0 Å². The van der Waals surface area contributed by atoms with Gasteiger partial charge in [-0.3, -0.25) is 4.79 Å².